The number of anilines is 1. The van der Waals surface area contributed by atoms with Gasteiger partial charge in [0.1, 0.15) is 0 Å². The number of rotatable bonds is 6. The molecule has 1 amide bonds. The Balaban J connectivity index is 2.10. The number of hydrogen-bond acceptors (Lipinski definition) is 4. The van der Waals surface area contributed by atoms with Crippen LogP contribution in [0.2, 0.25) is 0 Å². The monoisotopic (exact) mass is 245 g/mol. The molecule has 0 aliphatic rings. The number of aromatic nitrogens is 2. The molecule has 0 saturated heterocycles. The van der Waals surface area contributed by atoms with Crippen molar-refractivity contribution in [3.8, 4) is 11.5 Å². The topological polar surface area (TPSA) is 68.0 Å². The van der Waals surface area contributed by atoms with Gasteiger partial charge in [0.25, 0.3) is 0 Å². The Hall–Kier alpha value is -2.17. The maximum atomic E-state index is 10.3. The predicted molar refractivity (Wildman–Crippen MR) is 68.0 cm³/mol. The van der Waals surface area contributed by atoms with Gasteiger partial charge in [-0.1, -0.05) is 13.3 Å². The lowest BCUT2D eigenvalue weighted by Crippen LogP contribution is -1.92. The smallest absolute Gasteiger partial charge is 0.247 e. The molecule has 2 rings (SSSR count). The third-order valence-electron chi connectivity index (χ3n) is 2.57. The fourth-order valence-corrected chi connectivity index (χ4v) is 1.58. The van der Waals surface area contributed by atoms with Crippen molar-refractivity contribution in [1.29, 1.82) is 0 Å². The van der Waals surface area contributed by atoms with Crippen LogP contribution in [0.1, 0.15) is 25.7 Å². The zero-order chi connectivity index (χ0) is 12.8. The zero-order valence-corrected chi connectivity index (χ0v) is 10.2. The molecule has 1 aromatic carbocycles. The molecule has 0 unspecified atom stereocenters. The van der Waals surface area contributed by atoms with Crippen LogP contribution in [0.4, 0.5) is 5.69 Å². The highest BCUT2D eigenvalue weighted by atomic mass is 16.4. The van der Waals surface area contributed by atoms with Gasteiger partial charge in [0, 0.05) is 17.7 Å². The van der Waals surface area contributed by atoms with Gasteiger partial charge in [-0.2, -0.15) is 0 Å². The van der Waals surface area contributed by atoms with Crippen molar-refractivity contribution in [2.24, 2.45) is 0 Å². The Morgan fingerprint density at radius 3 is 2.72 bits per heavy atom. The number of aryl methyl sites for hydroxylation is 1. The SMILES string of the molecule is CCCCc1nnc(-c2ccc(NC=O)cc2)o1. The summed E-state index contributed by atoms with van der Waals surface area (Å²) in [4.78, 5) is 10.3. The molecule has 0 radical (unpaired) electrons. The van der Waals surface area contributed by atoms with E-state index in [1.54, 1.807) is 12.1 Å². The molecule has 0 aliphatic heterocycles. The Bertz CT molecular complexity index is 505. The number of nitrogens with zero attached hydrogens (tertiary/aromatic N) is 2. The average molecular weight is 245 g/mol. The fourth-order valence-electron chi connectivity index (χ4n) is 1.58. The van der Waals surface area contributed by atoms with Crippen LogP contribution in [0.3, 0.4) is 0 Å². The highest BCUT2D eigenvalue weighted by Crippen LogP contribution is 2.20. The summed E-state index contributed by atoms with van der Waals surface area (Å²) in [6.07, 6.45) is 3.60. The third kappa shape index (κ3) is 2.94. The second-order valence-electron chi connectivity index (χ2n) is 3.94. The first-order valence-electron chi connectivity index (χ1n) is 5.96. The van der Waals surface area contributed by atoms with E-state index in [2.05, 4.69) is 22.4 Å². The van der Waals surface area contributed by atoms with Crippen LogP contribution in [0.25, 0.3) is 11.5 Å². The average Bonchev–Trinajstić information content (AvgIpc) is 2.86. The minimum atomic E-state index is 0.513. The lowest BCUT2D eigenvalue weighted by Gasteiger charge is -1.98. The maximum Gasteiger partial charge on any atom is 0.247 e. The summed E-state index contributed by atoms with van der Waals surface area (Å²) in [5, 5.41) is 10.6. The summed E-state index contributed by atoms with van der Waals surface area (Å²) in [5.74, 6) is 1.18. The first-order chi connectivity index (χ1) is 8.83. The van der Waals surface area contributed by atoms with E-state index in [9.17, 15) is 4.79 Å². The molecule has 0 fully saturated rings. The molecule has 0 saturated carbocycles. The standard InChI is InChI=1S/C13H15N3O2/c1-2-3-4-12-15-16-13(18-12)10-5-7-11(8-6-10)14-9-17/h5-9H,2-4H2,1H3,(H,14,17). The summed E-state index contributed by atoms with van der Waals surface area (Å²) >= 11 is 0. The quantitative estimate of drug-likeness (QED) is 0.794. The van der Waals surface area contributed by atoms with E-state index in [0.717, 1.165) is 30.5 Å². The van der Waals surface area contributed by atoms with Gasteiger partial charge in [0.05, 0.1) is 0 Å². The third-order valence-corrected chi connectivity index (χ3v) is 2.57. The van der Waals surface area contributed by atoms with Crippen LogP contribution in [0.5, 0.6) is 0 Å². The molecule has 1 heterocycles. The normalized spacial score (nSPS) is 10.3. The number of carbonyl (C=O) groups is 1. The van der Waals surface area contributed by atoms with Gasteiger partial charge >= 0.3 is 0 Å². The summed E-state index contributed by atoms with van der Waals surface area (Å²) in [7, 11) is 0. The predicted octanol–water partition coefficient (Wildman–Crippen LogP) is 2.65. The van der Waals surface area contributed by atoms with Crippen molar-refractivity contribution < 1.29 is 9.21 Å². The second kappa shape index (κ2) is 5.95. The van der Waals surface area contributed by atoms with Gasteiger partial charge in [0.15, 0.2) is 0 Å². The van der Waals surface area contributed by atoms with Crippen molar-refractivity contribution in [1.82, 2.24) is 10.2 Å². The molecule has 2 aromatic rings. The van der Waals surface area contributed by atoms with E-state index < -0.39 is 0 Å². The minimum absolute atomic E-state index is 0.513. The van der Waals surface area contributed by atoms with Crippen LogP contribution in [-0.2, 0) is 11.2 Å². The highest BCUT2D eigenvalue weighted by Gasteiger charge is 2.07. The van der Waals surface area contributed by atoms with Crippen molar-refractivity contribution in [2.45, 2.75) is 26.2 Å². The minimum Gasteiger partial charge on any atom is -0.421 e. The molecule has 18 heavy (non-hydrogen) atoms. The number of unbranched alkanes of at least 4 members (excludes halogenated alkanes) is 1. The molecule has 0 bridgehead atoms. The molecule has 94 valence electrons. The number of hydrogen-bond donors (Lipinski definition) is 1. The summed E-state index contributed by atoms with van der Waals surface area (Å²) in [5.41, 5.74) is 1.58. The van der Waals surface area contributed by atoms with E-state index in [1.807, 2.05) is 12.1 Å². The van der Waals surface area contributed by atoms with Crippen LogP contribution < -0.4 is 5.32 Å². The molecule has 1 aromatic heterocycles. The van der Waals surface area contributed by atoms with Crippen molar-refractivity contribution in [2.75, 3.05) is 5.32 Å². The summed E-state index contributed by atoms with van der Waals surface area (Å²) < 4.78 is 5.56. The van der Waals surface area contributed by atoms with Crippen LogP contribution in [0, 0.1) is 0 Å². The largest absolute Gasteiger partial charge is 0.421 e. The number of amides is 1. The number of carbonyl (C=O) groups excluding carboxylic acids is 1. The molecule has 0 spiro atoms. The van der Waals surface area contributed by atoms with Crippen LogP contribution in [-0.4, -0.2) is 16.6 Å². The number of nitrogens with one attached hydrogen (secondary N) is 1. The van der Waals surface area contributed by atoms with E-state index >= 15 is 0 Å². The lowest BCUT2D eigenvalue weighted by atomic mass is 10.2. The number of benzene rings is 1. The molecule has 0 atom stereocenters. The van der Waals surface area contributed by atoms with E-state index in [-0.39, 0.29) is 0 Å². The molecular weight excluding hydrogens is 230 g/mol. The first-order valence-corrected chi connectivity index (χ1v) is 5.96. The van der Waals surface area contributed by atoms with E-state index in [1.165, 1.54) is 0 Å². The maximum absolute atomic E-state index is 10.3. The van der Waals surface area contributed by atoms with Gasteiger partial charge < -0.3 is 9.73 Å². The molecular formula is C13H15N3O2. The molecule has 5 nitrogen and oxygen atoms in total. The van der Waals surface area contributed by atoms with Crippen LogP contribution in [0.15, 0.2) is 28.7 Å². The molecule has 5 heteroatoms. The lowest BCUT2D eigenvalue weighted by molar-refractivity contribution is -0.105. The van der Waals surface area contributed by atoms with Crippen molar-refractivity contribution >= 4 is 12.1 Å². The fraction of sp³-hybridized carbons (Fsp3) is 0.308. The van der Waals surface area contributed by atoms with E-state index in [4.69, 9.17) is 4.42 Å². The van der Waals surface area contributed by atoms with Crippen molar-refractivity contribution in [3.63, 3.8) is 0 Å². The van der Waals surface area contributed by atoms with E-state index in [0.29, 0.717) is 18.2 Å². The Morgan fingerprint density at radius 1 is 1.28 bits per heavy atom. The Morgan fingerprint density at radius 2 is 2.06 bits per heavy atom. The summed E-state index contributed by atoms with van der Waals surface area (Å²) in [6, 6.07) is 7.26. The first kappa shape index (κ1) is 12.3. The molecule has 1 N–H and O–H groups in total. The highest BCUT2D eigenvalue weighted by molar-refractivity contribution is 5.72. The van der Waals surface area contributed by atoms with Gasteiger partial charge in [-0.3, -0.25) is 4.79 Å². The van der Waals surface area contributed by atoms with Gasteiger partial charge in [0.2, 0.25) is 18.2 Å². The second-order valence-corrected chi connectivity index (χ2v) is 3.94. The zero-order valence-electron chi connectivity index (χ0n) is 10.2. The Labute approximate surface area is 105 Å². The van der Waals surface area contributed by atoms with Crippen molar-refractivity contribution in [3.05, 3.63) is 30.2 Å². The Kier molecular flexibility index (Phi) is 4.06. The van der Waals surface area contributed by atoms with Gasteiger partial charge in [-0.15, -0.1) is 10.2 Å². The van der Waals surface area contributed by atoms with Gasteiger partial charge in [-0.05, 0) is 30.7 Å². The van der Waals surface area contributed by atoms with Crippen LogP contribution >= 0.6 is 0 Å². The van der Waals surface area contributed by atoms with Gasteiger partial charge in [-0.25, -0.2) is 0 Å². The molecule has 0 aliphatic carbocycles. The summed E-state index contributed by atoms with van der Waals surface area (Å²) in [6.45, 7) is 2.12.